The summed E-state index contributed by atoms with van der Waals surface area (Å²) in [6, 6.07) is 4.81. The molecule has 2 aromatic rings. The molecule has 30 heavy (non-hydrogen) atoms. The fraction of sp³-hybridized carbons (Fsp3) is 0.591. The Morgan fingerprint density at radius 3 is 2.83 bits per heavy atom. The SMILES string of the molecule is CCCn1nc2n(c1=O)CCC(NC(=O)c1cc(C3CCNCC3)ccc1F)CC2. The molecule has 0 saturated carbocycles. The van der Waals surface area contributed by atoms with Crippen LogP contribution >= 0.6 is 0 Å². The van der Waals surface area contributed by atoms with Crippen molar-refractivity contribution in [1.29, 1.82) is 0 Å². The van der Waals surface area contributed by atoms with E-state index in [1.54, 1.807) is 16.7 Å². The van der Waals surface area contributed by atoms with Gasteiger partial charge in [-0.1, -0.05) is 13.0 Å². The number of fused-ring (bicyclic) bond motifs is 1. The fourth-order valence-electron chi connectivity index (χ4n) is 4.52. The molecule has 162 valence electrons. The minimum Gasteiger partial charge on any atom is -0.349 e. The normalized spacial score (nSPS) is 19.9. The highest BCUT2D eigenvalue weighted by Gasteiger charge is 2.24. The van der Waals surface area contributed by atoms with Crippen molar-refractivity contribution in [3.05, 3.63) is 51.5 Å². The van der Waals surface area contributed by atoms with E-state index in [2.05, 4.69) is 15.7 Å². The van der Waals surface area contributed by atoms with Crippen LogP contribution in [0, 0.1) is 5.82 Å². The molecule has 2 aliphatic rings. The van der Waals surface area contributed by atoms with Gasteiger partial charge in [0, 0.05) is 25.6 Å². The third-order valence-corrected chi connectivity index (χ3v) is 6.23. The molecular weight excluding hydrogens is 385 g/mol. The van der Waals surface area contributed by atoms with Crippen molar-refractivity contribution in [1.82, 2.24) is 25.0 Å². The zero-order chi connectivity index (χ0) is 21.1. The average Bonchev–Trinajstić information content (AvgIpc) is 2.92. The van der Waals surface area contributed by atoms with Gasteiger partial charge in [0.25, 0.3) is 5.91 Å². The molecule has 1 aromatic heterocycles. The van der Waals surface area contributed by atoms with E-state index < -0.39 is 5.82 Å². The largest absolute Gasteiger partial charge is 0.349 e. The van der Waals surface area contributed by atoms with Crippen LogP contribution in [0.3, 0.4) is 0 Å². The maximum atomic E-state index is 14.4. The second-order valence-corrected chi connectivity index (χ2v) is 8.33. The standard InChI is InChI=1S/C22H30FN5O2/c1-2-12-28-22(30)27-13-9-17(4-6-20(27)26-28)25-21(29)18-14-16(3-5-19(18)23)15-7-10-24-11-8-15/h3,5,14-15,17,24H,2,4,6-13H2,1H3,(H,25,29). The van der Waals surface area contributed by atoms with Crippen molar-refractivity contribution in [3.63, 3.8) is 0 Å². The summed E-state index contributed by atoms with van der Waals surface area (Å²) in [5.74, 6) is 0.258. The molecule has 0 spiro atoms. The van der Waals surface area contributed by atoms with Gasteiger partial charge < -0.3 is 10.6 Å². The Morgan fingerprint density at radius 2 is 2.07 bits per heavy atom. The van der Waals surface area contributed by atoms with E-state index in [1.165, 1.54) is 10.7 Å². The summed E-state index contributed by atoms with van der Waals surface area (Å²) in [6.07, 6.45) is 4.79. The Morgan fingerprint density at radius 1 is 1.27 bits per heavy atom. The summed E-state index contributed by atoms with van der Waals surface area (Å²) in [5.41, 5.74) is 1.05. The van der Waals surface area contributed by atoms with Crippen LogP contribution in [0.15, 0.2) is 23.0 Å². The van der Waals surface area contributed by atoms with Crippen LogP contribution in [0.1, 0.15) is 66.7 Å². The molecule has 4 rings (SSSR count). The summed E-state index contributed by atoms with van der Waals surface area (Å²) in [6.45, 7) is 5.04. The highest BCUT2D eigenvalue weighted by molar-refractivity contribution is 5.94. The molecule has 3 heterocycles. The number of carbonyl (C=O) groups excluding carboxylic acids is 1. The topological polar surface area (TPSA) is 81.0 Å². The minimum absolute atomic E-state index is 0.0838. The van der Waals surface area contributed by atoms with Crippen molar-refractivity contribution in [2.45, 2.75) is 70.5 Å². The van der Waals surface area contributed by atoms with E-state index in [-0.39, 0.29) is 23.2 Å². The third-order valence-electron chi connectivity index (χ3n) is 6.23. The minimum atomic E-state index is -0.491. The van der Waals surface area contributed by atoms with E-state index in [0.29, 0.717) is 38.3 Å². The van der Waals surface area contributed by atoms with Gasteiger partial charge in [0.05, 0.1) is 5.56 Å². The summed E-state index contributed by atoms with van der Waals surface area (Å²) in [7, 11) is 0. The summed E-state index contributed by atoms with van der Waals surface area (Å²) < 4.78 is 17.7. The number of hydrogen-bond donors (Lipinski definition) is 2. The van der Waals surface area contributed by atoms with Crippen LogP contribution in [0.2, 0.25) is 0 Å². The zero-order valence-electron chi connectivity index (χ0n) is 17.5. The Labute approximate surface area is 175 Å². The third kappa shape index (κ3) is 4.33. The lowest BCUT2D eigenvalue weighted by Crippen LogP contribution is -2.36. The summed E-state index contributed by atoms with van der Waals surface area (Å²) in [5, 5.41) is 10.8. The quantitative estimate of drug-likeness (QED) is 0.785. The molecule has 1 atom stereocenters. The van der Waals surface area contributed by atoms with Gasteiger partial charge in [0.15, 0.2) is 0 Å². The number of halogens is 1. The van der Waals surface area contributed by atoms with Crippen molar-refractivity contribution in [2.24, 2.45) is 0 Å². The number of benzene rings is 1. The monoisotopic (exact) mass is 415 g/mol. The molecule has 2 aliphatic heterocycles. The number of rotatable bonds is 5. The van der Waals surface area contributed by atoms with Gasteiger partial charge in [-0.3, -0.25) is 9.36 Å². The van der Waals surface area contributed by atoms with Gasteiger partial charge in [-0.15, -0.1) is 0 Å². The predicted molar refractivity (Wildman–Crippen MR) is 112 cm³/mol. The highest BCUT2D eigenvalue weighted by atomic mass is 19.1. The second kappa shape index (κ2) is 9.12. The number of hydrogen-bond acceptors (Lipinski definition) is 4. The molecule has 1 fully saturated rings. The molecular formula is C22H30FN5O2. The maximum Gasteiger partial charge on any atom is 0.345 e. The lowest BCUT2D eigenvalue weighted by Gasteiger charge is -2.23. The number of piperidine rings is 1. The van der Waals surface area contributed by atoms with E-state index >= 15 is 0 Å². The van der Waals surface area contributed by atoms with Crippen LogP contribution < -0.4 is 16.3 Å². The van der Waals surface area contributed by atoms with E-state index in [4.69, 9.17) is 0 Å². The number of nitrogens with zero attached hydrogens (tertiary/aromatic N) is 3. The van der Waals surface area contributed by atoms with Crippen molar-refractivity contribution in [3.8, 4) is 0 Å². The van der Waals surface area contributed by atoms with Gasteiger partial charge in [0.1, 0.15) is 11.6 Å². The summed E-state index contributed by atoms with van der Waals surface area (Å²) >= 11 is 0. The molecule has 2 N–H and O–H groups in total. The van der Waals surface area contributed by atoms with Crippen LogP contribution in [-0.2, 0) is 19.5 Å². The fourth-order valence-corrected chi connectivity index (χ4v) is 4.52. The first-order chi connectivity index (χ1) is 14.6. The van der Waals surface area contributed by atoms with E-state index in [9.17, 15) is 14.0 Å². The number of aromatic nitrogens is 3. The van der Waals surface area contributed by atoms with Crippen LogP contribution in [0.25, 0.3) is 0 Å². The molecule has 8 heteroatoms. The van der Waals surface area contributed by atoms with Gasteiger partial charge in [-0.05, 0) is 68.8 Å². The van der Waals surface area contributed by atoms with Gasteiger partial charge >= 0.3 is 5.69 Å². The zero-order valence-corrected chi connectivity index (χ0v) is 17.5. The van der Waals surface area contributed by atoms with Crippen molar-refractivity contribution < 1.29 is 9.18 Å². The van der Waals surface area contributed by atoms with Crippen LogP contribution in [0.5, 0.6) is 0 Å². The van der Waals surface area contributed by atoms with Gasteiger partial charge in [-0.2, -0.15) is 5.10 Å². The molecule has 1 amide bonds. The average molecular weight is 416 g/mol. The lowest BCUT2D eigenvalue weighted by atomic mass is 9.89. The van der Waals surface area contributed by atoms with E-state index in [1.807, 2.05) is 6.92 Å². The molecule has 0 bridgehead atoms. The second-order valence-electron chi connectivity index (χ2n) is 8.33. The first-order valence-corrected chi connectivity index (χ1v) is 11.0. The number of aryl methyl sites for hydroxylation is 2. The highest BCUT2D eigenvalue weighted by Crippen LogP contribution is 2.27. The number of carbonyl (C=O) groups is 1. The Bertz CT molecular complexity index is 961. The number of nitrogens with one attached hydrogen (secondary N) is 2. The molecule has 1 aromatic carbocycles. The first kappa shape index (κ1) is 20.8. The predicted octanol–water partition coefficient (Wildman–Crippen LogP) is 2.20. The lowest BCUT2D eigenvalue weighted by molar-refractivity contribution is 0.0928. The van der Waals surface area contributed by atoms with Crippen LogP contribution in [0.4, 0.5) is 4.39 Å². The molecule has 7 nitrogen and oxygen atoms in total. The number of amides is 1. The Hall–Kier alpha value is -2.48. The molecule has 0 aliphatic carbocycles. The first-order valence-electron chi connectivity index (χ1n) is 11.0. The van der Waals surface area contributed by atoms with Gasteiger partial charge in [-0.25, -0.2) is 13.9 Å². The summed E-state index contributed by atoms with van der Waals surface area (Å²) in [4.78, 5) is 25.3. The maximum absolute atomic E-state index is 14.4. The van der Waals surface area contributed by atoms with E-state index in [0.717, 1.165) is 43.7 Å². The molecule has 0 radical (unpaired) electrons. The van der Waals surface area contributed by atoms with Crippen molar-refractivity contribution >= 4 is 5.91 Å². The van der Waals surface area contributed by atoms with Gasteiger partial charge in [0.2, 0.25) is 0 Å². The molecule has 1 unspecified atom stereocenters. The van der Waals surface area contributed by atoms with Crippen molar-refractivity contribution in [2.75, 3.05) is 13.1 Å². The Balaban J connectivity index is 1.43. The Kier molecular flexibility index (Phi) is 6.32. The molecule has 1 saturated heterocycles. The smallest absolute Gasteiger partial charge is 0.345 e. The van der Waals surface area contributed by atoms with Crippen LogP contribution in [-0.4, -0.2) is 39.4 Å².